The second-order valence-electron chi connectivity index (χ2n) is 8.05. The highest BCUT2D eigenvalue weighted by molar-refractivity contribution is 6.00. The van der Waals surface area contributed by atoms with Crippen molar-refractivity contribution in [1.29, 1.82) is 0 Å². The zero-order valence-electron chi connectivity index (χ0n) is 18.7. The number of carbonyl (C=O) groups is 2. The lowest BCUT2D eigenvalue weighted by Crippen LogP contribution is -2.46. The minimum Gasteiger partial charge on any atom is -0.494 e. The van der Waals surface area contributed by atoms with Crippen molar-refractivity contribution in [2.45, 2.75) is 32.8 Å². The topological polar surface area (TPSA) is 71.1 Å². The standard InChI is InChI=1S/C24H31N3O4/c1-17-7-10-20(11-8-17)30-15-5-6-23(28)25-19-9-12-21-22(16-19)31-18(2)24(29)27(21)14-13-26(3)4/h7-12,16,18H,5-6,13-15H2,1-4H3,(H,25,28). The molecule has 0 saturated heterocycles. The van der Waals surface area contributed by atoms with E-state index in [4.69, 9.17) is 9.47 Å². The number of aryl methyl sites for hydroxylation is 1. The molecule has 7 heteroatoms. The predicted octanol–water partition coefficient (Wildman–Crippen LogP) is 3.47. The van der Waals surface area contributed by atoms with Crippen LogP contribution in [0.3, 0.4) is 0 Å². The van der Waals surface area contributed by atoms with Crippen LogP contribution in [0.2, 0.25) is 0 Å². The highest BCUT2D eigenvalue weighted by atomic mass is 16.5. The molecule has 1 atom stereocenters. The number of nitrogens with one attached hydrogen (secondary N) is 1. The molecule has 0 fully saturated rings. The summed E-state index contributed by atoms with van der Waals surface area (Å²) in [6, 6.07) is 13.3. The lowest BCUT2D eigenvalue weighted by atomic mass is 10.1. The first-order valence-electron chi connectivity index (χ1n) is 10.6. The Labute approximate surface area is 183 Å². The maximum absolute atomic E-state index is 12.5. The molecule has 0 spiro atoms. The van der Waals surface area contributed by atoms with Gasteiger partial charge in [-0.05, 0) is 58.6 Å². The molecule has 0 aliphatic carbocycles. The largest absolute Gasteiger partial charge is 0.494 e. The van der Waals surface area contributed by atoms with Gasteiger partial charge in [0.2, 0.25) is 5.91 Å². The van der Waals surface area contributed by atoms with E-state index in [1.54, 1.807) is 24.0 Å². The summed E-state index contributed by atoms with van der Waals surface area (Å²) in [6.07, 6.45) is 0.415. The molecule has 0 aromatic heterocycles. The van der Waals surface area contributed by atoms with Crippen molar-refractivity contribution in [2.24, 2.45) is 0 Å². The second kappa shape index (κ2) is 10.3. The third kappa shape index (κ3) is 6.21. The molecule has 166 valence electrons. The second-order valence-corrected chi connectivity index (χ2v) is 8.05. The lowest BCUT2D eigenvalue weighted by Gasteiger charge is -2.34. The van der Waals surface area contributed by atoms with Gasteiger partial charge < -0.3 is 24.6 Å². The number of fused-ring (bicyclic) bond motifs is 1. The normalized spacial score (nSPS) is 15.5. The van der Waals surface area contributed by atoms with E-state index in [0.717, 1.165) is 18.0 Å². The molecule has 1 aliphatic rings. The van der Waals surface area contributed by atoms with Crippen LogP contribution in [0.1, 0.15) is 25.3 Å². The van der Waals surface area contributed by atoms with Gasteiger partial charge in [0, 0.05) is 31.3 Å². The molecular weight excluding hydrogens is 394 g/mol. The van der Waals surface area contributed by atoms with Gasteiger partial charge in [-0.3, -0.25) is 9.59 Å². The van der Waals surface area contributed by atoms with Crippen LogP contribution in [0.4, 0.5) is 11.4 Å². The Kier molecular flexibility index (Phi) is 7.52. The smallest absolute Gasteiger partial charge is 0.267 e. The minimum absolute atomic E-state index is 0.0558. The van der Waals surface area contributed by atoms with Crippen LogP contribution in [0, 0.1) is 6.92 Å². The number of benzene rings is 2. The average molecular weight is 426 g/mol. The van der Waals surface area contributed by atoms with Crippen LogP contribution in [0.5, 0.6) is 11.5 Å². The maximum atomic E-state index is 12.5. The van der Waals surface area contributed by atoms with Crippen molar-refractivity contribution in [1.82, 2.24) is 4.90 Å². The number of ether oxygens (including phenoxy) is 2. The molecule has 0 radical (unpaired) electrons. The fraction of sp³-hybridized carbons (Fsp3) is 0.417. The van der Waals surface area contributed by atoms with Crippen molar-refractivity contribution in [3.8, 4) is 11.5 Å². The molecule has 2 aromatic carbocycles. The van der Waals surface area contributed by atoms with Gasteiger partial charge in [0.25, 0.3) is 5.91 Å². The molecule has 7 nitrogen and oxygen atoms in total. The molecule has 3 rings (SSSR count). The summed E-state index contributed by atoms with van der Waals surface area (Å²) < 4.78 is 11.5. The van der Waals surface area contributed by atoms with Gasteiger partial charge in [-0.2, -0.15) is 0 Å². The molecule has 0 saturated carbocycles. The number of carbonyl (C=O) groups excluding carboxylic acids is 2. The SMILES string of the molecule is Cc1ccc(OCCCC(=O)Nc2ccc3c(c2)OC(C)C(=O)N3CCN(C)C)cc1. The fourth-order valence-corrected chi connectivity index (χ4v) is 3.30. The van der Waals surface area contributed by atoms with Gasteiger partial charge in [0.05, 0.1) is 12.3 Å². The molecule has 2 aromatic rings. The zero-order valence-corrected chi connectivity index (χ0v) is 18.7. The van der Waals surface area contributed by atoms with E-state index in [2.05, 4.69) is 5.32 Å². The maximum Gasteiger partial charge on any atom is 0.267 e. The molecule has 1 N–H and O–H groups in total. The van der Waals surface area contributed by atoms with Crippen LogP contribution in [-0.4, -0.2) is 56.6 Å². The molecule has 1 heterocycles. The van der Waals surface area contributed by atoms with Crippen molar-refractivity contribution < 1.29 is 19.1 Å². The average Bonchev–Trinajstić information content (AvgIpc) is 2.73. The van der Waals surface area contributed by atoms with E-state index in [9.17, 15) is 9.59 Å². The fourth-order valence-electron chi connectivity index (χ4n) is 3.30. The Balaban J connectivity index is 1.53. The third-order valence-corrected chi connectivity index (χ3v) is 5.06. The third-order valence-electron chi connectivity index (χ3n) is 5.06. The quantitative estimate of drug-likeness (QED) is 0.623. The summed E-state index contributed by atoms with van der Waals surface area (Å²) in [4.78, 5) is 28.6. The Bertz CT molecular complexity index is 912. The number of hydrogen-bond donors (Lipinski definition) is 1. The van der Waals surface area contributed by atoms with Gasteiger partial charge in [-0.25, -0.2) is 0 Å². The predicted molar refractivity (Wildman–Crippen MR) is 122 cm³/mol. The minimum atomic E-state index is -0.556. The first kappa shape index (κ1) is 22.6. The first-order chi connectivity index (χ1) is 14.8. The molecule has 1 aliphatic heterocycles. The molecule has 2 amide bonds. The summed E-state index contributed by atoms with van der Waals surface area (Å²) >= 11 is 0. The van der Waals surface area contributed by atoms with Crippen LogP contribution >= 0.6 is 0 Å². The Hall–Kier alpha value is -3.06. The molecular formula is C24H31N3O4. The number of likely N-dealkylation sites (N-methyl/N-ethyl adjacent to an activating group) is 1. The molecule has 0 bridgehead atoms. The summed E-state index contributed by atoms with van der Waals surface area (Å²) in [7, 11) is 3.94. The van der Waals surface area contributed by atoms with Crippen LogP contribution in [0.25, 0.3) is 0 Å². The van der Waals surface area contributed by atoms with E-state index in [-0.39, 0.29) is 11.8 Å². The van der Waals surface area contributed by atoms with Crippen molar-refractivity contribution in [2.75, 3.05) is 44.0 Å². The van der Waals surface area contributed by atoms with Gasteiger partial charge in [-0.1, -0.05) is 17.7 Å². The van der Waals surface area contributed by atoms with E-state index < -0.39 is 6.10 Å². The summed E-state index contributed by atoms with van der Waals surface area (Å²) in [6.45, 7) is 5.58. The number of nitrogens with zero attached hydrogens (tertiary/aromatic N) is 2. The van der Waals surface area contributed by atoms with E-state index in [1.807, 2.05) is 56.3 Å². The van der Waals surface area contributed by atoms with Crippen LogP contribution in [-0.2, 0) is 9.59 Å². The van der Waals surface area contributed by atoms with Crippen molar-refractivity contribution in [3.63, 3.8) is 0 Å². The van der Waals surface area contributed by atoms with E-state index >= 15 is 0 Å². The molecule has 31 heavy (non-hydrogen) atoms. The Morgan fingerprint density at radius 3 is 2.65 bits per heavy atom. The van der Waals surface area contributed by atoms with Gasteiger partial charge in [-0.15, -0.1) is 0 Å². The summed E-state index contributed by atoms with van der Waals surface area (Å²) in [5.74, 6) is 1.27. The Morgan fingerprint density at radius 2 is 1.94 bits per heavy atom. The van der Waals surface area contributed by atoms with Crippen LogP contribution < -0.4 is 19.7 Å². The summed E-state index contributed by atoms with van der Waals surface area (Å²) in [5.41, 5.74) is 2.56. The highest BCUT2D eigenvalue weighted by Crippen LogP contribution is 2.36. The number of anilines is 2. The van der Waals surface area contributed by atoms with Crippen molar-refractivity contribution >= 4 is 23.2 Å². The zero-order chi connectivity index (χ0) is 22.4. The van der Waals surface area contributed by atoms with Gasteiger partial charge >= 0.3 is 0 Å². The van der Waals surface area contributed by atoms with Gasteiger partial charge in [0.1, 0.15) is 11.5 Å². The van der Waals surface area contributed by atoms with Gasteiger partial charge in [0.15, 0.2) is 6.10 Å². The summed E-state index contributed by atoms with van der Waals surface area (Å²) in [5, 5.41) is 2.90. The van der Waals surface area contributed by atoms with E-state index in [0.29, 0.717) is 37.4 Å². The number of amides is 2. The number of hydrogen-bond acceptors (Lipinski definition) is 5. The Morgan fingerprint density at radius 1 is 1.19 bits per heavy atom. The van der Waals surface area contributed by atoms with Crippen molar-refractivity contribution in [3.05, 3.63) is 48.0 Å². The molecule has 1 unspecified atom stereocenters. The highest BCUT2D eigenvalue weighted by Gasteiger charge is 2.31. The monoisotopic (exact) mass is 425 g/mol. The number of rotatable bonds is 9. The first-order valence-corrected chi connectivity index (χ1v) is 10.6. The lowest BCUT2D eigenvalue weighted by molar-refractivity contribution is -0.125. The van der Waals surface area contributed by atoms with E-state index in [1.165, 1.54) is 5.56 Å². The van der Waals surface area contributed by atoms with Crippen LogP contribution in [0.15, 0.2) is 42.5 Å².